The molecule has 0 fully saturated rings. The van der Waals surface area contributed by atoms with Crippen LogP contribution in [0.4, 0.5) is 4.39 Å². The highest BCUT2D eigenvalue weighted by molar-refractivity contribution is 7.85. The maximum Gasteiger partial charge on any atom is 0.384 e. The highest BCUT2D eigenvalue weighted by Crippen LogP contribution is 2.69. The first-order valence-corrected chi connectivity index (χ1v) is 12.0. The maximum absolute atomic E-state index is 14.3. The molecule has 3 rings (SSSR count). The van der Waals surface area contributed by atoms with Gasteiger partial charge in [0.1, 0.15) is 11.6 Å². The minimum atomic E-state index is -4.39. The summed E-state index contributed by atoms with van der Waals surface area (Å²) >= 11 is 0. The number of benzene rings is 2. The minimum absolute atomic E-state index is 0.0180. The smallest absolute Gasteiger partial charge is 0.370 e. The van der Waals surface area contributed by atoms with Gasteiger partial charge >= 0.3 is 17.9 Å². The number of para-hydroxylation sites is 1. The van der Waals surface area contributed by atoms with Crippen molar-refractivity contribution in [1.29, 1.82) is 0 Å². The molecule has 158 valence electrons. The van der Waals surface area contributed by atoms with Crippen LogP contribution < -0.4 is 8.91 Å². The number of hydrogen-bond donors (Lipinski definition) is 1. The van der Waals surface area contributed by atoms with Crippen LogP contribution in [0.3, 0.4) is 0 Å². The molecule has 0 saturated heterocycles. The van der Waals surface area contributed by atoms with Gasteiger partial charge in [-0.05, 0) is 51.5 Å². The van der Waals surface area contributed by atoms with Gasteiger partial charge in [0.2, 0.25) is 0 Å². The third kappa shape index (κ3) is 4.11. The van der Waals surface area contributed by atoms with E-state index >= 15 is 0 Å². The molecular formula is C19H23FNO6PS. The molecule has 1 atom stereocenters. The van der Waals surface area contributed by atoms with Crippen molar-refractivity contribution in [3.05, 3.63) is 65.5 Å². The highest BCUT2D eigenvalue weighted by Gasteiger charge is 2.60. The normalized spacial score (nSPS) is 21.1. The summed E-state index contributed by atoms with van der Waals surface area (Å²) in [6.45, 7) is 6.64. The second kappa shape index (κ2) is 7.81. The van der Waals surface area contributed by atoms with Crippen LogP contribution in [0.25, 0.3) is 0 Å². The first kappa shape index (κ1) is 21.9. The molecule has 0 aromatic heterocycles. The van der Waals surface area contributed by atoms with Gasteiger partial charge < -0.3 is 13.2 Å². The Kier molecular flexibility index (Phi) is 5.91. The van der Waals surface area contributed by atoms with Gasteiger partial charge in [-0.25, -0.2) is 4.39 Å². The molecule has 1 N–H and O–H groups in total. The molecule has 0 unspecified atom stereocenters. The topological polar surface area (TPSA) is 90.9 Å². The number of rotatable bonds is 6. The molecule has 1 heterocycles. The molecule has 29 heavy (non-hydrogen) atoms. The Morgan fingerprint density at radius 1 is 1.00 bits per heavy atom. The van der Waals surface area contributed by atoms with E-state index in [-0.39, 0.29) is 16.9 Å². The predicted molar refractivity (Wildman–Crippen MR) is 106 cm³/mol. The molecule has 10 heteroatoms. The second-order valence-electron chi connectivity index (χ2n) is 7.16. The number of hydrogen-bond acceptors (Lipinski definition) is 6. The van der Waals surface area contributed by atoms with E-state index in [1.807, 2.05) is 0 Å². The Balaban J connectivity index is 2.43. The Morgan fingerprint density at radius 2 is 1.55 bits per heavy atom. The van der Waals surface area contributed by atoms with Gasteiger partial charge in [0.25, 0.3) is 0 Å². The summed E-state index contributed by atoms with van der Waals surface area (Å²) in [5.41, 5.74) is 0.439. The third-order valence-corrected chi connectivity index (χ3v) is 8.06. The van der Waals surface area contributed by atoms with E-state index < -0.39 is 41.2 Å². The molecule has 1 aliphatic rings. The lowest BCUT2D eigenvalue weighted by molar-refractivity contribution is 0.126. The molecule has 0 spiro atoms. The van der Waals surface area contributed by atoms with Crippen LogP contribution in [0.1, 0.15) is 38.8 Å². The Bertz CT molecular complexity index is 1030. The van der Waals surface area contributed by atoms with E-state index in [1.165, 1.54) is 18.2 Å². The van der Waals surface area contributed by atoms with Gasteiger partial charge in [0.05, 0.1) is 12.2 Å². The van der Waals surface area contributed by atoms with E-state index in [0.29, 0.717) is 0 Å². The van der Waals surface area contributed by atoms with Gasteiger partial charge in [-0.15, -0.1) is 0 Å². The van der Waals surface area contributed by atoms with Crippen molar-refractivity contribution in [1.82, 2.24) is 4.72 Å². The van der Waals surface area contributed by atoms with E-state index in [2.05, 4.69) is 4.72 Å². The molecule has 0 radical (unpaired) electrons. The molecule has 0 saturated carbocycles. The summed E-state index contributed by atoms with van der Waals surface area (Å²) in [4.78, 5) is 0. The second-order valence-corrected chi connectivity index (χ2v) is 10.5. The maximum atomic E-state index is 14.3. The van der Waals surface area contributed by atoms with E-state index in [1.54, 1.807) is 45.9 Å². The van der Waals surface area contributed by atoms with Crippen molar-refractivity contribution in [2.45, 2.75) is 45.2 Å². The average molecular weight is 443 g/mol. The third-order valence-electron chi connectivity index (χ3n) is 4.12. The fourth-order valence-corrected chi connectivity index (χ4v) is 7.43. The van der Waals surface area contributed by atoms with E-state index in [9.17, 15) is 17.4 Å². The van der Waals surface area contributed by atoms with Crippen LogP contribution in [-0.2, 0) is 29.2 Å². The Labute approximate surface area is 170 Å². The van der Waals surface area contributed by atoms with Crippen LogP contribution >= 0.6 is 7.60 Å². The zero-order valence-electron chi connectivity index (χ0n) is 16.5. The van der Waals surface area contributed by atoms with E-state index in [4.69, 9.17) is 13.2 Å². The molecule has 7 nitrogen and oxygen atoms in total. The molecule has 2 aromatic rings. The van der Waals surface area contributed by atoms with E-state index in [0.717, 1.165) is 12.1 Å². The summed E-state index contributed by atoms with van der Waals surface area (Å²) < 4.78 is 72.3. The van der Waals surface area contributed by atoms with Crippen molar-refractivity contribution >= 4 is 17.9 Å². The molecular weight excluding hydrogens is 420 g/mol. The van der Waals surface area contributed by atoms with Crippen LogP contribution in [0, 0.1) is 5.82 Å². The highest BCUT2D eigenvalue weighted by atomic mass is 32.2. The zero-order valence-corrected chi connectivity index (χ0v) is 18.2. The molecule has 0 amide bonds. The fourth-order valence-electron chi connectivity index (χ4n) is 3.22. The summed E-state index contributed by atoms with van der Waals surface area (Å²) in [6.07, 6.45) is -1.12. The summed E-state index contributed by atoms with van der Waals surface area (Å²) in [6, 6.07) is 11.3. The minimum Gasteiger partial charge on any atom is -0.370 e. The lowest BCUT2D eigenvalue weighted by atomic mass is 9.97. The Morgan fingerprint density at radius 3 is 2.10 bits per heavy atom. The predicted octanol–water partition coefficient (Wildman–Crippen LogP) is 4.30. The fraction of sp³-hybridized carbons (Fsp3) is 0.368. The van der Waals surface area contributed by atoms with Crippen LogP contribution in [0.5, 0.6) is 5.75 Å². The van der Waals surface area contributed by atoms with Crippen molar-refractivity contribution in [3.63, 3.8) is 0 Å². The van der Waals surface area contributed by atoms with Gasteiger partial charge in [-0.2, -0.15) is 13.1 Å². The summed E-state index contributed by atoms with van der Waals surface area (Å²) in [5.74, 6) is -0.549. The SMILES string of the molecule is CC(C)OP(=O)(OC(C)C)[C@]1(c2ccc(F)cc2)NS(=O)(=O)Oc2ccccc21. The number of nitrogens with one attached hydrogen (secondary N) is 1. The van der Waals surface area contributed by atoms with Gasteiger partial charge in [-0.3, -0.25) is 4.57 Å². The first-order valence-electron chi connectivity index (χ1n) is 9.05. The standard InChI is InChI=1S/C19H23FNO6PS/c1-13(2)25-28(22,26-14(3)4)19(15-9-11-16(20)12-10-15)17-7-5-6-8-18(17)27-29(23,24)21-19/h5-14,21H,1-4H3/t19-/m0/s1. The Hall–Kier alpha value is -1.77. The number of halogens is 1. The van der Waals surface area contributed by atoms with Crippen LogP contribution in [0.15, 0.2) is 48.5 Å². The lowest BCUT2D eigenvalue weighted by Gasteiger charge is -2.43. The van der Waals surface area contributed by atoms with Gasteiger partial charge in [0.15, 0.2) is 5.28 Å². The van der Waals surface area contributed by atoms with Crippen LogP contribution in [-0.4, -0.2) is 20.6 Å². The monoisotopic (exact) mass is 443 g/mol. The zero-order chi connectivity index (χ0) is 21.4. The average Bonchev–Trinajstić information content (AvgIpc) is 2.59. The molecule has 1 aliphatic heterocycles. The lowest BCUT2D eigenvalue weighted by Crippen LogP contribution is -2.52. The van der Waals surface area contributed by atoms with Crippen LogP contribution in [0.2, 0.25) is 0 Å². The van der Waals surface area contributed by atoms with Crippen molar-refractivity contribution in [2.75, 3.05) is 0 Å². The molecule has 0 bridgehead atoms. The quantitative estimate of drug-likeness (QED) is 0.670. The molecule has 0 aliphatic carbocycles. The van der Waals surface area contributed by atoms with Crippen molar-refractivity contribution < 1.29 is 30.6 Å². The van der Waals surface area contributed by atoms with Crippen molar-refractivity contribution in [3.8, 4) is 5.75 Å². The number of fused-ring (bicyclic) bond motifs is 1. The van der Waals surface area contributed by atoms with Gasteiger partial charge in [-0.1, -0.05) is 30.3 Å². The summed E-state index contributed by atoms with van der Waals surface area (Å²) in [7, 11) is -8.67. The van der Waals surface area contributed by atoms with Gasteiger partial charge in [0, 0.05) is 5.56 Å². The molecule has 2 aromatic carbocycles. The first-order chi connectivity index (χ1) is 13.5. The summed E-state index contributed by atoms with van der Waals surface area (Å²) in [5, 5.41) is -1.97. The van der Waals surface area contributed by atoms with Crippen molar-refractivity contribution in [2.24, 2.45) is 0 Å². The largest absolute Gasteiger partial charge is 0.384 e.